The zero-order chi connectivity index (χ0) is 12.8. The van der Waals surface area contributed by atoms with Crippen LogP contribution in [0.3, 0.4) is 0 Å². The first-order valence-electron chi connectivity index (χ1n) is 3.40. The lowest BCUT2D eigenvalue weighted by Crippen LogP contribution is -2.40. The molecule has 1 aromatic rings. The molecule has 92 valence electrons. The fraction of sp³-hybridized carbons (Fsp3) is 0.600. The Kier molecular flexibility index (Phi) is 2.60. The molecule has 0 bridgehead atoms. The molecule has 0 atom stereocenters. The van der Waals surface area contributed by atoms with E-state index in [1.165, 1.54) is 0 Å². The van der Waals surface area contributed by atoms with E-state index in [2.05, 4.69) is 4.98 Å². The van der Waals surface area contributed by atoms with E-state index in [0.29, 0.717) is 0 Å². The predicted octanol–water partition coefficient (Wildman–Crippen LogP) is 2.41. The van der Waals surface area contributed by atoms with E-state index < -0.39 is 28.9 Å². The average Bonchev–Trinajstić information content (AvgIpc) is 2.47. The number of hydrogen-bond donors (Lipinski definition) is 0. The van der Waals surface area contributed by atoms with Crippen LogP contribution in [-0.2, 0) is 12.2 Å². The molecule has 1 aromatic heterocycles. The summed E-state index contributed by atoms with van der Waals surface area (Å²) in [5.41, 5.74) is 0. The first-order valence-corrected chi connectivity index (χ1v) is 3.40. The fourth-order valence-electron chi connectivity index (χ4n) is 0.658. The van der Waals surface area contributed by atoms with Gasteiger partial charge in [-0.05, 0) is 0 Å². The summed E-state index contributed by atoms with van der Waals surface area (Å²) in [7, 11) is 0. The Morgan fingerprint density at radius 3 is 1.75 bits per heavy atom. The third-order valence-corrected chi connectivity index (χ3v) is 1.37. The maximum atomic E-state index is 12.4. The molecule has 0 aliphatic carbocycles. The van der Waals surface area contributed by atoms with Gasteiger partial charge in [-0.3, -0.25) is 0 Å². The summed E-state index contributed by atoms with van der Waals surface area (Å²) >= 11 is 0. The number of aromatic nitrogens is 3. The molecule has 0 aliphatic rings. The van der Waals surface area contributed by atoms with Crippen molar-refractivity contribution in [2.75, 3.05) is 0 Å². The smallest absolute Gasteiger partial charge is 0.211 e. The molecule has 3 nitrogen and oxygen atoms in total. The monoisotopic (exact) mass is 255 g/mol. The quantitative estimate of drug-likeness (QED) is 0.721. The van der Waals surface area contributed by atoms with Gasteiger partial charge in [-0.1, -0.05) is 0 Å². The van der Waals surface area contributed by atoms with E-state index in [0.717, 1.165) is 0 Å². The molecule has 11 heteroatoms. The van der Waals surface area contributed by atoms with Gasteiger partial charge in [0.1, 0.15) is 6.33 Å². The molecule has 0 N–H and O–H groups in total. The lowest BCUT2D eigenvalue weighted by Gasteiger charge is -2.18. The first kappa shape index (κ1) is 12.6. The summed E-state index contributed by atoms with van der Waals surface area (Å²) in [6.07, 6.45) is -11.6. The van der Waals surface area contributed by atoms with Crippen molar-refractivity contribution >= 4 is 0 Å². The summed E-state index contributed by atoms with van der Waals surface area (Å²) < 4.78 is 94.3. The van der Waals surface area contributed by atoms with Crippen molar-refractivity contribution in [2.24, 2.45) is 0 Å². The van der Waals surface area contributed by atoms with Crippen LogP contribution < -0.4 is 0 Å². The van der Waals surface area contributed by atoms with Crippen molar-refractivity contribution in [2.45, 2.75) is 18.4 Å². The molecule has 0 spiro atoms. The topological polar surface area (TPSA) is 30.7 Å². The summed E-state index contributed by atoms with van der Waals surface area (Å²) in [4.78, 5) is 2.31. The van der Waals surface area contributed by atoms with Crippen LogP contribution in [0.5, 0.6) is 0 Å². The minimum atomic E-state index is -6.05. The van der Waals surface area contributed by atoms with Gasteiger partial charge in [0.2, 0.25) is 0 Å². The van der Waals surface area contributed by atoms with Gasteiger partial charge < -0.3 is 0 Å². The molecular formula is C5HF8N3. The standard InChI is InChI=1S/C5HF8N3/c6-3(7,8)2-14-1-16(15-2)5(12,13)4(9,10)11/h1H. The van der Waals surface area contributed by atoms with Crippen molar-refractivity contribution in [3.05, 3.63) is 12.2 Å². The third-order valence-electron chi connectivity index (χ3n) is 1.37. The SMILES string of the molecule is FC(F)(F)c1ncn(C(F)(F)C(F)(F)F)n1. The summed E-state index contributed by atoms with van der Waals surface area (Å²) in [5, 5.41) is 2.03. The Bertz CT molecular complexity index is 374. The zero-order valence-electron chi connectivity index (χ0n) is 6.94. The van der Waals surface area contributed by atoms with Crippen molar-refractivity contribution in [3.63, 3.8) is 0 Å². The Labute approximate surface area is 81.7 Å². The lowest BCUT2D eigenvalue weighted by molar-refractivity contribution is -0.328. The Morgan fingerprint density at radius 2 is 1.44 bits per heavy atom. The first-order chi connectivity index (χ1) is 6.96. The minimum absolute atomic E-state index is 0.337. The van der Waals surface area contributed by atoms with E-state index in [1.54, 1.807) is 0 Å². The van der Waals surface area contributed by atoms with E-state index in [4.69, 9.17) is 0 Å². The highest BCUT2D eigenvalue weighted by molar-refractivity contribution is 4.89. The van der Waals surface area contributed by atoms with Crippen LogP contribution in [0.25, 0.3) is 0 Å². The van der Waals surface area contributed by atoms with Crippen LogP contribution in [0, 0.1) is 0 Å². The average molecular weight is 255 g/mol. The number of rotatable bonds is 1. The van der Waals surface area contributed by atoms with Gasteiger partial charge in [-0.15, -0.1) is 5.10 Å². The lowest BCUT2D eigenvalue weighted by atomic mass is 10.5. The minimum Gasteiger partial charge on any atom is -0.211 e. The van der Waals surface area contributed by atoms with Crippen LogP contribution in [-0.4, -0.2) is 20.9 Å². The van der Waals surface area contributed by atoms with E-state index in [1.807, 2.05) is 5.10 Å². The summed E-state index contributed by atoms with van der Waals surface area (Å²) in [6.45, 7) is 0. The second-order valence-corrected chi connectivity index (χ2v) is 2.55. The molecule has 0 aromatic carbocycles. The molecule has 1 rings (SSSR count). The number of halogens is 8. The molecule has 1 heterocycles. The second-order valence-electron chi connectivity index (χ2n) is 2.55. The zero-order valence-corrected chi connectivity index (χ0v) is 6.94. The van der Waals surface area contributed by atoms with Gasteiger partial charge in [0, 0.05) is 0 Å². The van der Waals surface area contributed by atoms with Gasteiger partial charge in [0.25, 0.3) is 5.82 Å². The molecule has 0 saturated heterocycles. The fourth-order valence-corrected chi connectivity index (χ4v) is 0.658. The largest absolute Gasteiger partial charge is 0.477 e. The highest BCUT2D eigenvalue weighted by Crippen LogP contribution is 2.39. The van der Waals surface area contributed by atoms with Crippen molar-refractivity contribution in [1.82, 2.24) is 14.8 Å². The van der Waals surface area contributed by atoms with Crippen LogP contribution in [0.4, 0.5) is 35.1 Å². The molecule has 0 amide bonds. The maximum absolute atomic E-state index is 12.4. The van der Waals surface area contributed by atoms with Gasteiger partial charge in [-0.2, -0.15) is 39.8 Å². The van der Waals surface area contributed by atoms with Gasteiger partial charge in [-0.25, -0.2) is 4.98 Å². The van der Waals surface area contributed by atoms with Gasteiger partial charge in [0.05, 0.1) is 0 Å². The molecular weight excluding hydrogens is 254 g/mol. The second kappa shape index (κ2) is 3.28. The van der Waals surface area contributed by atoms with E-state index >= 15 is 0 Å². The predicted molar refractivity (Wildman–Crippen MR) is 31.3 cm³/mol. The number of alkyl halides is 8. The highest BCUT2D eigenvalue weighted by atomic mass is 19.4. The molecule has 0 fully saturated rings. The third kappa shape index (κ3) is 2.07. The van der Waals surface area contributed by atoms with Crippen LogP contribution >= 0.6 is 0 Å². The molecule has 0 saturated carbocycles. The van der Waals surface area contributed by atoms with Gasteiger partial charge in [0.15, 0.2) is 0 Å². The van der Waals surface area contributed by atoms with Crippen LogP contribution in [0.1, 0.15) is 5.82 Å². The molecule has 16 heavy (non-hydrogen) atoms. The molecule has 0 unspecified atom stereocenters. The van der Waals surface area contributed by atoms with Crippen LogP contribution in [0.2, 0.25) is 0 Å². The molecule has 0 aliphatic heterocycles. The Balaban J connectivity index is 3.13. The van der Waals surface area contributed by atoms with Crippen LogP contribution in [0.15, 0.2) is 6.33 Å². The normalized spacial score (nSPS) is 14.2. The number of nitrogens with zero attached hydrogens (tertiary/aromatic N) is 3. The van der Waals surface area contributed by atoms with Crippen molar-refractivity contribution in [3.8, 4) is 0 Å². The Hall–Kier alpha value is -1.42. The number of hydrogen-bond acceptors (Lipinski definition) is 2. The summed E-state index contributed by atoms with van der Waals surface area (Å²) in [5.74, 6) is -2.07. The molecule has 0 radical (unpaired) electrons. The Morgan fingerprint density at radius 1 is 0.938 bits per heavy atom. The van der Waals surface area contributed by atoms with Gasteiger partial charge >= 0.3 is 18.4 Å². The van der Waals surface area contributed by atoms with E-state index in [9.17, 15) is 35.1 Å². The van der Waals surface area contributed by atoms with Crippen molar-refractivity contribution < 1.29 is 35.1 Å². The maximum Gasteiger partial charge on any atom is 0.477 e. The summed E-state index contributed by atoms with van der Waals surface area (Å²) in [6, 6.07) is -5.54. The van der Waals surface area contributed by atoms with Crippen molar-refractivity contribution in [1.29, 1.82) is 0 Å². The van der Waals surface area contributed by atoms with E-state index in [-0.39, 0.29) is 6.33 Å². The highest BCUT2D eigenvalue weighted by Gasteiger charge is 2.61.